The van der Waals surface area contributed by atoms with Crippen LogP contribution in [-0.4, -0.2) is 19.6 Å². The van der Waals surface area contributed by atoms with Gasteiger partial charge in [0, 0.05) is 23.7 Å². The highest BCUT2D eigenvalue weighted by Gasteiger charge is 2.12. The predicted molar refractivity (Wildman–Crippen MR) is 108 cm³/mol. The molecule has 0 fully saturated rings. The highest BCUT2D eigenvalue weighted by atomic mass is 16.1. The summed E-state index contributed by atoms with van der Waals surface area (Å²) < 4.78 is 3.44. The Bertz CT molecular complexity index is 1220. The van der Waals surface area contributed by atoms with Gasteiger partial charge in [0.15, 0.2) is 0 Å². The molecule has 0 amide bonds. The second-order valence-corrected chi connectivity index (χ2v) is 7.05. The summed E-state index contributed by atoms with van der Waals surface area (Å²) in [5.41, 5.74) is 6.31. The molecule has 2 heterocycles. The summed E-state index contributed by atoms with van der Waals surface area (Å²) in [5.74, 6) is 0. The average Bonchev–Trinajstić information content (AvgIpc) is 2.97. The van der Waals surface area contributed by atoms with Crippen LogP contribution in [0.4, 0.5) is 0 Å². The molecule has 0 unspecified atom stereocenters. The lowest BCUT2D eigenvalue weighted by Gasteiger charge is -2.12. The molecule has 2 aromatic carbocycles. The molecule has 0 saturated carbocycles. The third-order valence-electron chi connectivity index (χ3n) is 5.00. The molecule has 0 N–H and O–H groups in total. The maximum absolute atomic E-state index is 12.4. The maximum atomic E-state index is 12.4. The molecular weight excluding hydrogens is 336 g/mol. The van der Waals surface area contributed by atoms with E-state index >= 15 is 0 Å². The first kappa shape index (κ1) is 17.2. The first-order valence-electron chi connectivity index (χ1n) is 9.01. The van der Waals surface area contributed by atoms with Gasteiger partial charge in [0.25, 0.3) is 5.56 Å². The van der Waals surface area contributed by atoms with Gasteiger partial charge < -0.3 is 0 Å². The van der Waals surface area contributed by atoms with Crippen molar-refractivity contribution in [1.82, 2.24) is 19.6 Å². The zero-order valence-corrected chi connectivity index (χ0v) is 16.0. The Labute approximate surface area is 157 Å². The fraction of sp³-hybridized carbons (Fsp3) is 0.227. The second kappa shape index (κ2) is 6.50. The van der Waals surface area contributed by atoms with Gasteiger partial charge in [-0.1, -0.05) is 30.3 Å². The summed E-state index contributed by atoms with van der Waals surface area (Å²) in [4.78, 5) is 12.4. The van der Waals surface area contributed by atoms with Gasteiger partial charge in [0.05, 0.1) is 23.3 Å². The van der Waals surface area contributed by atoms with Crippen molar-refractivity contribution in [1.29, 1.82) is 0 Å². The Hall–Kier alpha value is -3.21. The van der Waals surface area contributed by atoms with Gasteiger partial charge >= 0.3 is 0 Å². The fourth-order valence-corrected chi connectivity index (χ4v) is 3.50. The number of hydrogen-bond donors (Lipinski definition) is 0. The van der Waals surface area contributed by atoms with E-state index in [0.29, 0.717) is 11.9 Å². The number of aromatic nitrogens is 4. The monoisotopic (exact) mass is 358 g/mol. The number of fused-ring (bicyclic) bond motifs is 1. The van der Waals surface area contributed by atoms with Crippen LogP contribution in [0.2, 0.25) is 0 Å². The van der Waals surface area contributed by atoms with Gasteiger partial charge in [0.1, 0.15) is 0 Å². The van der Waals surface area contributed by atoms with Crippen LogP contribution in [0.5, 0.6) is 0 Å². The van der Waals surface area contributed by atoms with Crippen LogP contribution < -0.4 is 5.56 Å². The van der Waals surface area contributed by atoms with Crippen molar-refractivity contribution < 1.29 is 0 Å². The van der Waals surface area contributed by atoms with Crippen LogP contribution in [0.3, 0.4) is 0 Å². The Morgan fingerprint density at radius 1 is 0.926 bits per heavy atom. The van der Waals surface area contributed by atoms with Crippen LogP contribution in [0, 0.1) is 20.8 Å². The van der Waals surface area contributed by atoms with E-state index in [9.17, 15) is 4.79 Å². The van der Waals surface area contributed by atoms with E-state index in [4.69, 9.17) is 0 Å². The SMILES string of the molecule is Cc1cc(C)n(Cc2cc(-c3nn(C)c(=O)c4ccccc34)ccc2C)n1. The maximum Gasteiger partial charge on any atom is 0.274 e. The molecule has 136 valence electrons. The fourth-order valence-electron chi connectivity index (χ4n) is 3.50. The lowest BCUT2D eigenvalue weighted by Crippen LogP contribution is -2.20. The predicted octanol–water partition coefficient (Wildman–Crippen LogP) is 3.77. The molecule has 0 aliphatic rings. The van der Waals surface area contributed by atoms with Gasteiger partial charge in [-0.3, -0.25) is 9.48 Å². The van der Waals surface area contributed by atoms with Crippen molar-refractivity contribution in [2.75, 3.05) is 0 Å². The van der Waals surface area contributed by atoms with E-state index in [2.05, 4.69) is 48.3 Å². The quantitative estimate of drug-likeness (QED) is 0.560. The highest BCUT2D eigenvalue weighted by Crippen LogP contribution is 2.27. The van der Waals surface area contributed by atoms with Crippen LogP contribution in [-0.2, 0) is 13.6 Å². The summed E-state index contributed by atoms with van der Waals surface area (Å²) in [6.07, 6.45) is 0. The van der Waals surface area contributed by atoms with E-state index in [1.807, 2.05) is 35.9 Å². The van der Waals surface area contributed by atoms with Gasteiger partial charge in [-0.25, -0.2) is 4.68 Å². The van der Waals surface area contributed by atoms with Crippen LogP contribution >= 0.6 is 0 Å². The Balaban J connectivity index is 1.87. The summed E-state index contributed by atoms with van der Waals surface area (Å²) in [6.45, 7) is 6.90. The lowest BCUT2D eigenvalue weighted by atomic mass is 10.00. The van der Waals surface area contributed by atoms with E-state index in [-0.39, 0.29) is 5.56 Å². The van der Waals surface area contributed by atoms with E-state index in [1.165, 1.54) is 15.8 Å². The molecular formula is C22H22N4O. The third kappa shape index (κ3) is 3.05. The number of aryl methyl sites for hydroxylation is 4. The first-order valence-corrected chi connectivity index (χ1v) is 9.01. The average molecular weight is 358 g/mol. The van der Waals surface area contributed by atoms with Crippen molar-refractivity contribution >= 4 is 10.8 Å². The van der Waals surface area contributed by atoms with Crippen molar-refractivity contribution in [2.24, 2.45) is 7.05 Å². The summed E-state index contributed by atoms with van der Waals surface area (Å²) >= 11 is 0. The number of benzene rings is 2. The molecule has 0 aliphatic heterocycles. The van der Waals surface area contributed by atoms with Gasteiger partial charge in [0.2, 0.25) is 0 Å². The molecule has 27 heavy (non-hydrogen) atoms. The largest absolute Gasteiger partial charge is 0.274 e. The summed E-state index contributed by atoms with van der Waals surface area (Å²) in [5, 5.41) is 10.7. The number of rotatable bonds is 3. The van der Waals surface area contributed by atoms with Crippen molar-refractivity contribution in [2.45, 2.75) is 27.3 Å². The molecule has 5 heteroatoms. The zero-order valence-electron chi connectivity index (χ0n) is 16.0. The second-order valence-electron chi connectivity index (χ2n) is 7.05. The Morgan fingerprint density at radius 2 is 1.67 bits per heavy atom. The zero-order chi connectivity index (χ0) is 19.1. The summed E-state index contributed by atoms with van der Waals surface area (Å²) in [6, 6.07) is 16.1. The standard InChI is InChI=1S/C22H22N4O/c1-14-9-10-17(12-18(14)13-26-16(3)11-15(2)23-26)21-19-7-5-6-8-20(19)22(27)25(4)24-21/h5-12H,13H2,1-4H3. The molecule has 4 rings (SSSR count). The molecule has 0 spiro atoms. The molecule has 0 bridgehead atoms. The molecule has 5 nitrogen and oxygen atoms in total. The third-order valence-corrected chi connectivity index (χ3v) is 5.00. The molecule has 4 aromatic rings. The minimum absolute atomic E-state index is 0.0793. The minimum Gasteiger partial charge on any atom is -0.267 e. The van der Waals surface area contributed by atoms with Gasteiger partial charge in [-0.2, -0.15) is 10.2 Å². The molecule has 0 saturated heterocycles. The first-order chi connectivity index (χ1) is 12.9. The Kier molecular flexibility index (Phi) is 4.15. The van der Waals surface area contributed by atoms with E-state index in [1.54, 1.807) is 7.05 Å². The number of hydrogen-bond acceptors (Lipinski definition) is 3. The minimum atomic E-state index is -0.0793. The van der Waals surface area contributed by atoms with E-state index in [0.717, 1.165) is 28.0 Å². The molecule has 2 aromatic heterocycles. The lowest BCUT2D eigenvalue weighted by molar-refractivity contribution is 0.656. The normalized spacial score (nSPS) is 11.3. The topological polar surface area (TPSA) is 52.7 Å². The van der Waals surface area contributed by atoms with Crippen LogP contribution in [0.25, 0.3) is 22.0 Å². The Morgan fingerprint density at radius 3 is 2.37 bits per heavy atom. The molecule has 0 radical (unpaired) electrons. The molecule has 0 atom stereocenters. The van der Waals surface area contributed by atoms with Crippen molar-refractivity contribution in [3.8, 4) is 11.3 Å². The van der Waals surface area contributed by atoms with Crippen molar-refractivity contribution in [3.05, 3.63) is 81.4 Å². The summed E-state index contributed by atoms with van der Waals surface area (Å²) in [7, 11) is 1.70. The molecule has 0 aliphatic carbocycles. The number of nitrogens with zero attached hydrogens (tertiary/aromatic N) is 4. The van der Waals surface area contributed by atoms with Gasteiger partial charge in [-0.05, 0) is 50.1 Å². The van der Waals surface area contributed by atoms with Crippen LogP contribution in [0.1, 0.15) is 22.5 Å². The van der Waals surface area contributed by atoms with E-state index < -0.39 is 0 Å². The van der Waals surface area contributed by atoms with Crippen LogP contribution in [0.15, 0.2) is 53.3 Å². The smallest absolute Gasteiger partial charge is 0.267 e. The van der Waals surface area contributed by atoms with Gasteiger partial charge in [-0.15, -0.1) is 0 Å². The van der Waals surface area contributed by atoms with Crippen molar-refractivity contribution in [3.63, 3.8) is 0 Å². The highest BCUT2D eigenvalue weighted by molar-refractivity contribution is 5.93.